The van der Waals surface area contributed by atoms with Gasteiger partial charge in [-0.3, -0.25) is 4.79 Å². The first kappa shape index (κ1) is 17.4. The lowest BCUT2D eigenvalue weighted by atomic mass is 10.1. The zero-order valence-electron chi connectivity index (χ0n) is 14.1. The molecule has 3 aromatic rings. The van der Waals surface area contributed by atoms with Crippen molar-refractivity contribution < 1.29 is 9.18 Å². The van der Waals surface area contributed by atoms with Crippen molar-refractivity contribution in [3.63, 3.8) is 0 Å². The summed E-state index contributed by atoms with van der Waals surface area (Å²) in [6, 6.07) is 15.8. The molecule has 1 aromatic heterocycles. The molecule has 0 aliphatic carbocycles. The second-order valence-corrected chi connectivity index (χ2v) is 5.59. The summed E-state index contributed by atoms with van der Waals surface area (Å²) in [5.74, 6) is -0.528. The Hall–Kier alpha value is -3.47. The summed E-state index contributed by atoms with van der Waals surface area (Å²) in [4.78, 5) is 11.8. The lowest BCUT2D eigenvalue weighted by Crippen LogP contribution is -2.20. The third-order valence-electron chi connectivity index (χ3n) is 3.72. The number of hydrogen-bond donors (Lipinski definition) is 1. The Morgan fingerprint density at radius 3 is 2.58 bits per heavy atom. The van der Waals surface area contributed by atoms with Crippen molar-refractivity contribution in [1.29, 1.82) is 0 Å². The highest BCUT2D eigenvalue weighted by Crippen LogP contribution is 2.25. The summed E-state index contributed by atoms with van der Waals surface area (Å²) in [6.45, 7) is 3.97. The van der Waals surface area contributed by atoms with E-state index in [9.17, 15) is 9.18 Å². The first-order valence-electron chi connectivity index (χ1n) is 8.15. The molecule has 1 amide bonds. The van der Waals surface area contributed by atoms with E-state index in [1.165, 1.54) is 18.2 Å². The third kappa shape index (κ3) is 4.13. The van der Waals surface area contributed by atoms with E-state index in [0.717, 1.165) is 16.8 Å². The maximum atomic E-state index is 13.2. The molecule has 2 aromatic carbocycles. The van der Waals surface area contributed by atoms with Crippen molar-refractivity contribution >= 4 is 12.0 Å². The molecule has 130 valence electrons. The van der Waals surface area contributed by atoms with Gasteiger partial charge in [-0.15, -0.1) is 6.58 Å². The lowest BCUT2D eigenvalue weighted by molar-refractivity contribution is -0.116. The van der Waals surface area contributed by atoms with Gasteiger partial charge in [0.05, 0.1) is 11.4 Å². The Morgan fingerprint density at radius 1 is 1.15 bits per heavy atom. The van der Waals surface area contributed by atoms with Gasteiger partial charge in [-0.2, -0.15) is 5.10 Å². The van der Waals surface area contributed by atoms with Gasteiger partial charge in [0.2, 0.25) is 5.91 Å². The minimum absolute atomic E-state index is 0.220. The first-order chi connectivity index (χ1) is 12.7. The Bertz CT molecular complexity index is 928. The molecule has 0 saturated carbocycles. The number of rotatable bonds is 6. The standard InChI is InChI=1S/C21H18FN3O/c1-2-14-23-20(26)13-10-17-15-25(19-6-4-3-5-7-19)24-21(17)16-8-11-18(22)12-9-16/h2-13,15H,1,14H2,(H,23,26)/b13-10+. The van der Waals surface area contributed by atoms with Crippen LogP contribution in [0.2, 0.25) is 0 Å². The minimum atomic E-state index is -0.308. The van der Waals surface area contributed by atoms with E-state index < -0.39 is 0 Å². The number of benzene rings is 2. The Morgan fingerprint density at radius 2 is 1.88 bits per heavy atom. The molecule has 0 unspecified atom stereocenters. The molecule has 26 heavy (non-hydrogen) atoms. The molecule has 3 rings (SSSR count). The molecule has 0 atom stereocenters. The number of halogens is 1. The van der Waals surface area contributed by atoms with Crippen LogP contribution in [0.15, 0.2) is 79.5 Å². The molecule has 5 heteroatoms. The number of nitrogens with zero attached hydrogens (tertiary/aromatic N) is 2. The van der Waals surface area contributed by atoms with Crippen LogP contribution in [0.25, 0.3) is 23.0 Å². The van der Waals surface area contributed by atoms with Gasteiger partial charge in [0.15, 0.2) is 0 Å². The van der Waals surface area contributed by atoms with Gasteiger partial charge < -0.3 is 5.32 Å². The molecule has 0 aliphatic rings. The smallest absolute Gasteiger partial charge is 0.244 e. The van der Waals surface area contributed by atoms with E-state index in [0.29, 0.717) is 12.2 Å². The third-order valence-corrected chi connectivity index (χ3v) is 3.72. The minimum Gasteiger partial charge on any atom is -0.349 e. The zero-order chi connectivity index (χ0) is 18.4. The summed E-state index contributed by atoms with van der Waals surface area (Å²) in [5.41, 5.74) is 3.09. The van der Waals surface area contributed by atoms with E-state index in [4.69, 9.17) is 0 Å². The predicted molar refractivity (Wildman–Crippen MR) is 101 cm³/mol. The van der Waals surface area contributed by atoms with Crippen LogP contribution in [0.1, 0.15) is 5.56 Å². The number of nitrogens with one attached hydrogen (secondary N) is 1. The molecule has 0 fully saturated rings. The number of carbonyl (C=O) groups excluding carboxylic acids is 1. The van der Waals surface area contributed by atoms with Crippen LogP contribution >= 0.6 is 0 Å². The van der Waals surface area contributed by atoms with Gasteiger partial charge in [0.25, 0.3) is 0 Å². The van der Waals surface area contributed by atoms with Crippen LogP contribution in [0.4, 0.5) is 4.39 Å². The van der Waals surface area contributed by atoms with Gasteiger partial charge in [0.1, 0.15) is 5.82 Å². The second-order valence-electron chi connectivity index (χ2n) is 5.59. The summed E-state index contributed by atoms with van der Waals surface area (Å²) in [7, 11) is 0. The highest BCUT2D eigenvalue weighted by Gasteiger charge is 2.11. The lowest BCUT2D eigenvalue weighted by Gasteiger charge is -2.00. The SMILES string of the molecule is C=CCNC(=O)/C=C/c1cn(-c2ccccc2)nc1-c1ccc(F)cc1. The molecular formula is C21H18FN3O. The highest BCUT2D eigenvalue weighted by molar-refractivity contribution is 5.92. The quantitative estimate of drug-likeness (QED) is 0.541. The first-order valence-corrected chi connectivity index (χ1v) is 8.15. The molecule has 1 heterocycles. The predicted octanol–water partition coefficient (Wildman–Crippen LogP) is 3.99. The average molecular weight is 347 g/mol. The second kappa shape index (κ2) is 8.07. The fourth-order valence-corrected chi connectivity index (χ4v) is 2.45. The van der Waals surface area contributed by atoms with E-state index >= 15 is 0 Å². The van der Waals surface area contributed by atoms with Crippen LogP contribution in [0.5, 0.6) is 0 Å². The van der Waals surface area contributed by atoms with Gasteiger partial charge in [-0.05, 0) is 42.5 Å². The summed E-state index contributed by atoms with van der Waals surface area (Å²) in [6.07, 6.45) is 6.60. The number of aromatic nitrogens is 2. The van der Waals surface area contributed by atoms with Crippen molar-refractivity contribution in [1.82, 2.24) is 15.1 Å². The fourth-order valence-electron chi connectivity index (χ4n) is 2.45. The van der Waals surface area contributed by atoms with E-state index in [1.807, 2.05) is 36.5 Å². The average Bonchev–Trinajstić information content (AvgIpc) is 3.10. The zero-order valence-corrected chi connectivity index (χ0v) is 14.1. The van der Waals surface area contributed by atoms with Gasteiger partial charge in [0, 0.05) is 29.9 Å². The summed E-state index contributed by atoms with van der Waals surface area (Å²) >= 11 is 0. The normalized spacial score (nSPS) is 10.8. The molecule has 0 bridgehead atoms. The molecule has 0 spiro atoms. The topological polar surface area (TPSA) is 46.9 Å². The highest BCUT2D eigenvalue weighted by atomic mass is 19.1. The van der Waals surface area contributed by atoms with Crippen molar-refractivity contribution in [3.8, 4) is 16.9 Å². The van der Waals surface area contributed by atoms with Crippen LogP contribution in [0.3, 0.4) is 0 Å². The van der Waals surface area contributed by atoms with Crippen molar-refractivity contribution in [2.24, 2.45) is 0 Å². The summed E-state index contributed by atoms with van der Waals surface area (Å²) in [5, 5.41) is 7.30. The monoisotopic (exact) mass is 347 g/mol. The molecular weight excluding hydrogens is 329 g/mol. The fraction of sp³-hybridized carbons (Fsp3) is 0.0476. The van der Waals surface area contributed by atoms with Gasteiger partial charge in [-0.1, -0.05) is 24.3 Å². The number of hydrogen-bond acceptors (Lipinski definition) is 2. The van der Waals surface area contributed by atoms with Gasteiger partial charge >= 0.3 is 0 Å². The largest absolute Gasteiger partial charge is 0.349 e. The Labute approximate surface area is 151 Å². The van der Waals surface area contributed by atoms with Gasteiger partial charge in [-0.25, -0.2) is 9.07 Å². The molecule has 0 radical (unpaired) electrons. The number of amides is 1. The number of para-hydroxylation sites is 1. The molecule has 4 nitrogen and oxygen atoms in total. The molecule has 0 aliphatic heterocycles. The summed E-state index contributed by atoms with van der Waals surface area (Å²) < 4.78 is 15.0. The Kier molecular flexibility index (Phi) is 5.39. The van der Waals surface area contributed by atoms with E-state index in [-0.39, 0.29) is 11.7 Å². The maximum Gasteiger partial charge on any atom is 0.244 e. The van der Waals surface area contributed by atoms with E-state index in [2.05, 4.69) is 17.0 Å². The van der Waals surface area contributed by atoms with Crippen molar-refractivity contribution in [2.75, 3.05) is 6.54 Å². The van der Waals surface area contributed by atoms with Crippen molar-refractivity contribution in [3.05, 3.63) is 90.9 Å². The molecule has 1 N–H and O–H groups in total. The Balaban J connectivity index is 1.99. The van der Waals surface area contributed by atoms with Crippen molar-refractivity contribution in [2.45, 2.75) is 0 Å². The number of carbonyl (C=O) groups is 1. The van der Waals surface area contributed by atoms with Crippen LogP contribution in [-0.4, -0.2) is 22.2 Å². The maximum absolute atomic E-state index is 13.2. The van der Waals surface area contributed by atoms with Crippen LogP contribution < -0.4 is 5.32 Å². The van der Waals surface area contributed by atoms with E-state index in [1.54, 1.807) is 29.0 Å². The molecule has 0 saturated heterocycles. The van der Waals surface area contributed by atoms with Crippen LogP contribution in [-0.2, 0) is 4.79 Å². The van der Waals surface area contributed by atoms with Crippen LogP contribution in [0, 0.1) is 5.82 Å².